The van der Waals surface area contributed by atoms with Gasteiger partial charge in [0.2, 0.25) is 0 Å². The predicted octanol–water partition coefficient (Wildman–Crippen LogP) is 2.39. The Morgan fingerprint density at radius 3 is 2.62 bits per heavy atom. The van der Waals surface area contributed by atoms with Gasteiger partial charge in [-0.3, -0.25) is 0 Å². The molecule has 1 aromatic rings. The summed E-state index contributed by atoms with van der Waals surface area (Å²) < 4.78 is 12.8. The zero-order valence-electron chi connectivity index (χ0n) is 9.70. The van der Waals surface area contributed by atoms with Crippen molar-refractivity contribution in [3.63, 3.8) is 0 Å². The second-order valence-electron chi connectivity index (χ2n) is 4.65. The molecule has 0 spiro atoms. The van der Waals surface area contributed by atoms with E-state index in [0.29, 0.717) is 5.92 Å². The van der Waals surface area contributed by atoms with E-state index in [1.165, 1.54) is 12.1 Å². The number of halogens is 1. The summed E-state index contributed by atoms with van der Waals surface area (Å²) in [5.41, 5.74) is 7.12. The molecule has 0 amide bonds. The smallest absolute Gasteiger partial charge is 0.123 e. The maximum atomic E-state index is 12.8. The number of nitrogens with two attached hydrogens (primary N) is 1. The molecule has 88 valence electrons. The van der Waals surface area contributed by atoms with E-state index in [0.717, 1.165) is 31.6 Å². The van der Waals surface area contributed by atoms with Gasteiger partial charge in [-0.15, -0.1) is 0 Å². The van der Waals surface area contributed by atoms with Gasteiger partial charge in [-0.2, -0.15) is 0 Å². The molecule has 2 unspecified atom stereocenters. The fourth-order valence-electron chi connectivity index (χ4n) is 2.41. The highest BCUT2D eigenvalue weighted by atomic mass is 19.1. The number of anilines is 1. The molecule has 3 heteroatoms. The average molecular weight is 222 g/mol. The molecule has 0 saturated carbocycles. The number of hydrogen-bond acceptors (Lipinski definition) is 2. The van der Waals surface area contributed by atoms with Crippen LogP contribution in [0.2, 0.25) is 0 Å². The highest BCUT2D eigenvalue weighted by Gasteiger charge is 2.23. The number of rotatable bonds is 2. The molecule has 0 bridgehead atoms. The van der Waals surface area contributed by atoms with Crippen LogP contribution in [0.1, 0.15) is 19.8 Å². The van der Waals surface area contributed by atoms with Crippen molar-refractivity contribution >= 4 is 5.69 Å². The third-order valence-corrected chi connectivity index (χ3v) is 3.34. The molecule has 1 aliphatic rings. The summed E-state index contributed by atoms with van der Waals surface area (Å²) in [4.78, 5) is 2.27. The first-order chi connectivity index (χ1) is 7.69. The summed E-state index contributed by atoms with van der Waals surface area (Å²) in [5, 5.41) is 0. The maximum absolute atomic E-state index is 12.8. The van der Waals surface area contributed by atoms with Crippen LogP contribution < -0.4 is 10.6 Å². The van der Waals surface area contributed by atoms with E-state index in [9.17, 15) is 4.39 Å². The zero-order chi connectivity index (χ0) is 11.5. The molecule has 1 fully saturated rings. The van der Waals surface area contributed by atoms with Gasteiger partial charge in [0, 0.05) is 24.8 Å². The summed E-state index contributed by atoms with van der Waals surface area (Å²) in [5.74, 6) is 0.478. The van der Waals surface area contributed by atoms with Crippen molar-refractivity contribution in [1.82, 2.24) is 0 Å². The molecule has 0 aliphatic carbocycles. The Morgan fingerprint density at radius 1 is 1.31 bits per heavy atom. The molecule has 2 atom stereocenters. The fraction of sp³-hybridized carbons (Fsp3) is 0.538. The third kappa shape index (κ3) is 2.53. The zero-order valence-corrected chi connectivity index (χ0v) is 9.70. The summed E-state index contributed by atoms with van der Waals surface area (Å²) in [6, 6.07) is 6.93. The maximum Gasteiger partial charge on any atom is 0.123 e. The largest absolute Gasteiger partial charge is 0.370 e. The molecular formula is C13H19FN2. The van der Waals surface area contributed by atoms with E-state index < -0.39 is 0 Å². The highest BCUT2D eigenvalue weighted by molar-refractivity contribution is 5.47. The van der Waals surface area contributed by atoms with Gasteiger partial charge in [-0.1, -0.05) is 13.3 Å². The first kappa shape index (κ1) is 11.4. The first-order valence-electron chi connectivity index (χ1n) is 5.95. The van der Waals surface area contributed by atoms with Crippen molar-refractivity contribution in [2.45, 2.75) is 25.8 Å². The van der Waals surface area contributed by atoms with Crippen LogP contribution in [0.25, 0.3) is 0 Å². The topological polar surface area (TPSA) is 29.3 Å². The Hall–Kier alpha value is -1.09. The number of piperidine rings is 1. The number of nitrogens with zero attached hydrogens (tertiary/aromatic N) is 1. The Kier molecular flexibility index (Phi) is 3.44. The Bertz CT molecular complexity index is 336. The minimum Gasteiger partial charge on any atom is -0.370 e. The van der Waals surface area contributed by atoms with Crippen LogP contribution in [0, 0.1) is 11.7 Å². The Morgan fingerprint density at radius 2 is 2.00 bits per heavy atom. The molecule has 1 heterocycles. The molecular weight excluding hydrogens is 203 g/mol. The summed E-state index contributed by atoms with van der Waals surface area (Å²) >= 11 is 0. The minimum atomic E-state index is -0.183. The SMILES string of the molecule is CCC1CC(N)CN(c2ccc(F)cc2)C1. The third-order valence-electron chi connectivity index (χ3n) is 3.34. The van der Waals surface area contributed by atoms with Gasteiger partial charge in [0.1, 0.15) is 5.82 Å². The predicted molar refractivity (Wildman–Crippen MR) is 65.0 cm³/mol. The van der Waals surface area contributed by atoms with Gasteiger partial charge in [-0.05, 0) is 36.6 Å². The monoisotopic (exact) mass is 222 g/mol. The minimum absolute atomic E-state index is 0.183. The van der Waals surface area contributed by atoms with Gasteiger partial charge in [0.25, 0.3) is 0 Å². The lowest BCUT2D eigenvalue weighted by Crippen LogP contribution is -2.47. The van der Waals surface area contributed by atoms with Crippen LogP contribution >= 0.6 is 0 Å². The van der Waals surface area contributed by atoms with Crippen LogP contribution in [0.5, 0.6) is 0 Å². The van der Waals surface area contributed by atoms with Crippen LogP contribution in [0.15, 0.2) is 24.3 Å². The number of benzene rings is 1. The van der Waals surface area contributed by atoms with Crippen molar-refractivity contribution in [2.24, 2.45) is 11.7 Å². The Balaban J connectivity index is 2.11. The first-order valence-corrected chi connectivity index (χ1v) is 5.95. The molecule has 0 aromatic heterocycles. The lowest BCUT2D eigenvalue weighted by molar-refractivity contribution is 0.368. The molecule has 2 N–H and O–H groups in total. The fourth-order valence-corrected chi connectivity index (χ4v) is 2.41. The second-order valence-corrected chi connectivity index (χ2v) is 4.65. The van der Waals surface area contributed by atoms with E-state index in [-0.39, 0.29) is 11.9 Å². The molecule has 2 rings (SSSR count). The summed E-state index contributed by atoms with van der Waals surface area (Å²) in [6.45, 7) is 4.11. The lowest BCUT2D eigenvalue weighted by atomic mass is 9.92. The van der Waals surface area contributed by atoms with E-state index in [1.54, 1.807) is 0 Å². The van der Waals surface area contributed by atoms with Crippen molar-refractivity contribution in [3.05, 3.63) is 30.1 Å². The molecule has 1 aromatic carbocycles. The van der Waals surface area contributed by atoms with Gasteiger partial charge >= 0.3 is 0 Å². The van der Waals surface area contributed by atoms with Crippen LogP contribution in [-0.4, -0.2) is 19.1 Å². The van der Waals surface area contributed by atoms with E-state index >= 15 is 0 Å². The summed E-state index contributed by atoms with van der Waals surface area (Å²) in [7, 11) is 0. The molecule has 1 aliphatic heterocycles. The highest BCUT2D eigenvalue weighted by Crippen LogP contribution is 2.24. The van der Waals surface area contributed by atoms with Gasteiger partial charge in [-0.25, -0.2) is 4.39 Å². The number of hydrogen-bond donors (Lipinski definition) is 1. The van der Waals surface area contributed by atoms with E-state index in [4.69, 9.17) is 5.73 Å². The van der Waals surface area contributed by atoms with Crippen molar-refractivity contribution in [1.29, 1.82) is 0 Å². The van der Waals surface area contributed by atoms with Crippen LogP contribution in [0.3, 0.4) is 0 Å². The standard InChI is InChI=1S/C13H19FN2/c1-2-10-7-12(15)9-16(8-10)13-5-3-11(14)4-6-13/h3-6,10,12H,2,7-9,15H2,1H3. The quantitative estimate of drug-likeness (QED) is 0.832. The van der Waals surface area contributed by atoms with Crippen molar-refractivity contribution in [3.8, 4) is 0 Å². The molecule has 1 saturated heterocycles. The van der Waals surface area contributed by atoms with Gasteiger partial charge in [0.15, 0.2) is 0 Å². The van der Waals surface area contributed by atoms with Gasteiger partial charge in [0.05, 0.1) is 0 Å². The average Bonchev–Trinajstić information content (AvgIpc) is 2.29. The van der Waals surface area contributed by atoms with Crippen molar-refractivity contribution in [2.75, 3.05) is 18.0 Å². The van der Waals surface area contributed by atoms with Crippen LogP contribution in [-0.2, 0) is 0 Å². The Labute approximate surface area is 96.2 Å². The molecule has 2 nitrogen and oxygen atoms in total. The van der Waals surface area contributed by atoms with Gasteiger partial charge < -0.3 is 10.6 Å². The lowest BCUT2D eigenvalue weighted by Gasteiger charge is -2.37. The summed E-state index contributed by atoms with van der Waals surface area (Å²) in [6.07, 6.45) is 2.26. The normalized spacial score (nSPS) is 25.8. The van der Waals surface area contributed by atoms with Crippen molar-refractivity contribution < 1.29 is 4.39 Å². The molecule has 16 heavy (non-hydrogen) atoms. The molecule has 0 radical (unpaired) electrons. The van der Waals surface area contributed by atoms with E-state index in [2.05, 4.69) is 11.8 Å². The van der Waals surface area contributed by atoms with E-state index in [1.807, 2.05) is 12.1 Å². The van der Waals surface area contributed by atoms with Crippen LogP contribution in [0.4, 0.5) is 10.1 Å². The second kappa shape index (κ2) is 4.83.